The number of hydrogen-bond donors (Lipinski definition) is 1. The van der Waals surface area contributed by atoms with Crippen LogP contribution in [0.2, 0.25) is 0 Å². The first-order chi connectivity index (χ1) is 18.2. The van der Waals surface area contributed by atoms with Gasteiger partial charge in [-0.25, -0.2) is 18.7 Å². The van der Waals surface area contributed by atoms with Crippen molar-refractivity contribution in [1.29, 1.82) is 0 Å². The third-order valence-corrected chi connectivity index (χ3v) is 8.90. The number of halogens is 1. The highest BCUT2D eigenvalue weighted by Crippen LogP contribution is 2.52. The highest BCUT2D eigenvalue weighted by atomic mass is 127. The average Bonchev–Trinajstić information content (AvgIpc) is 3.55. The number of β-lactam (4-membered cyclic amide) rings is 1. The van der Waals surface area contributed by atoms with Crippen LogP contribution in [0.25, 0.3) is 0 Å². The van der Waals surface area contributed by atoms with Crippen LogP contribution in [-0.2, 0) is 32.7 Å². The first-order valence-electron chi connectivity index (χ1n) is 12.9. The Morgan fingerprint density at radius 1 is 1.28 bits per heavy atom. The number of ether oxygens (including phenoxy) is 2. The van der Waals surface area contributed by atoms with E-state index < -0.39 is 18.0 Å². The zero-order chi connectivity index (χ0) is 27.6. The van der Waals surface area contributed by atoms with Crippen LogP contribution >= 0.6 is 11.8 Å². The van der Waals surface area contributed by atoms with E-state index in [-0.39, 0.29) is 78.1 Å². The topological polar surface area (TPSA) is 105 Å². The number of aromatic nitrogens is 2. The highest BCUT2D eigenvalue weighted by molar-refractivity contribution is 8.03. The maximum Gasteiger partial charge on any atom is 0.410 e. The summed E-state index contributed by atoms with van der Waals surface area (Å²) in [6.45, 7) is 12.2. The van der Waals surface area contributed by atoms with Crippen LogP contribution in [0.1, 0.15) is 26.7 Å². The third-order valence-electron chi connectivity index (χ3n) is 7.41. The van der Waals surface area contributed by atoms with Crippen LogP contribution in [0.15, 0.2) is 54.6 Å². The van der Waals surface area contributed by atoms with Gasteiger partial charge in [-0.1, -0.05) is 32.2 Å². The van der Waals surface area contributed by atoms with Crippen molar-refractivity contribution in [1.82, 2.24) is 14.4 Å². The molecule has 12 heteroatoms. The van der Waals surface area contributed by atoms with E-state index in [4.69, 9.17) is 9.47 Å². The van der Waals surface area contributed by atoms with Crippen LogP contribution < -0.4 is 28.5 Å². The molecule has 0 spiro atoms. The van der Waals surface area contributed by atoms with Gasteiger partial charge >= 0.3 is 12.1 Å². The number of nitrogens with zero attached hydrogens (tertiary/aromatic N) is 4. The summed E-state index contributed by atoms with van der Waals surface area (Å²) in [6.07, 6.45) is 9.24. The molecule has 0 radical (unpaired) electrons. The molecule has 3 aliphatic heterocycles. The molecule has 214 valence electrons. The van der Waals surface area contributed by atoms with E-state index in [1.807, 2.05) is 37.3 Å². The predicted molar refractivity (Wildman–Crippen MR) is 141 cm³/mol. The van der Waals surface area contributed by atoms with Gasteiger partial charge in [0.25, 0.3) is 0 Å². The molecular formula is C27H37IN4O6S. The number of carbonyl (C=O) groups excluding carboxylic acids is 3. The maximum atomic E-state index is 13.1. The Morgan fingerprint density at radius 2 is 1.97 bits per heavy atom. The van der Waals surface area contributed by atoms with Crippen molar-refractivity contribution in [3.63, 3.8) is 0 Å². The fraction of sp³-hybridized carbons (Fsp3) is 0.556. The SMILES string of the molecule is C=CCOC(=O)C1=C(S[C@H]2C[C@@H](CCn3cc[n+](C)c3)N(C(=O)OCC=C)C2)[C@H](C)[C@@H]2[C@@H]([C@@H](C)O)C(=O)N12.[I-]. The Bertz CT molecular complexity index is 1140. The molecule has 0 aromatic carbocycles. The normalized spacial score (nSPS) is 26.5. The lowest BCUT2D eigenvalue weighted by atomic mass is 9.79. The summed E-state index contributed by atoms with van der Waals surface area (Å²) < 4.78 is 14.8. The van der Waals surface area contributed by atoms with Crippen molar-refractivity contribution in [2.75, 3.05) is 19.8 Å². The molecule has 6 atom stereocenters. The molecule has 10 nitrogen and oxygen atoms in total. The number of aliphatic hydroxyl groups is 1. The Labute approximate surface area is 250 Å². The van der Waals surface area contributed by atoms with Crippen LogP contribution in [0.5, 0.6) is 0 Å². The summed E-state index contributed by atoms with van der Waals surface area (Å²) in [6, 6.07) is -0.341. The number of rotatable bonds is 11. The largest absolute Gasteiger partial charge is 1.00 e. The van der Waals surface area contributed by atoms with Gasteiger partial charge in [-0.15, -0.1) is 11.8 Å². The molecule has 1 N–H and O–H groups in total. The molecule has 0 unspecified atom stereocenters. The number of fused-ring (bicyclic) bond motifs is 1. The van der Waals surface area contributed by atoms with E-state index in [1.54, 1.807) is 17.9 Å². The second-order valence-electron chi connectivity index (χ2n) is 10.1. The number of amides is 2. The van der Waals surface area contributed by atoms with Crippen LogP contribution in [0.3, 0.4) is 0 Å². The fourth-order valence-electron chi connectivity index (χ4n) is 5.65. The molecular weight excluding hydrogens is 635 g/mol. The lowest BCUT2D eigenvalue weighted by Gasteiger charge is -2.46. The van der Waals surface area contributed by atoms with E-state index in [0.717, 1.165) is 17.9 Å². The molecule has 2 amide bonds. The molecule has 4 heterocycles. The Kier molecular flexibility index (Phi) is 10.7. The van der Waals surface area contributed by atoms with Crippen molar-refractivity contribution < 1.29 is 57.5 Å². The minimum atomic E-state index is -0.817. The summed E-state index contributed by atoms with van der Waals surface area (Å²) in [4.78, 5) is 42.9. The minimum absolute atomic E-state index is 0. The van der Waals surface area contributed by atoms with E-state index in [1.165, 1.54) is 22.7 Å². The average molecular weight is 673 g/mol. The molecule has 3 aliphatic rings. The fourth-order valence-corrected chi connectivity index (χ4v) is 7.21. The van der Waals surface area contributed by atoms with Crippen molar-refractivity contribution in [3.8, 4) is 0 Å². The Balaban J connectivity index is 0.00000420. The van der Waals surface area contributed by atoms with Crippen LogP contribution in [0, 0.1) is 11.8 Å². The predicted octanol–water partition coefficient (Wildman–Crippen LogP) is -0.996. The summed E-state index contributed by atoms with van der Waals surface area (Å²) in [7, 11) is 1.96. The number of likely N-dealkylation sites (tertiary alicyclic amines) is 1. The summed E-state index contributed by atoms with van der Waals surface area (Å²) in [5.74, 6) is -1.55. The van der Waals surface area contributed by atoms with E-state index in [9.17, 15) is 19.5 Å². The molecule has 0 bridgehead atoms. The van der Waals surface area contributed by atoms with Gasteiger partial charge in [0.05, 0.1) is 31.7 Å². The lowest BCUT2D eigenvalue weighted by Crippen LogP contribution is -3.00. The lowest BCUT2D eigenvalue weighted by molar-refractivity contribution is -0.671. The Morgan fingerprint density at radius 3 is 2.59 bits per heavy atom. The number of thioether (sulfide) groups is 1. The van der Waals surface area contributed by atoms with Crippen molar-refractivity contribution in [2.24, 2.45) is 18.9 Å². The molecule has 1 aromatic heterocycles. The van der Waals surface area contributed by atoms with Crippen LogP contribution in [0.4, 0.5) is 4.79 Å². The van der Waals surface area contributed by atoms with E-state index in [0.29, 0.717) is 13.0 Å². The summed E-state index contributed by atoms with van der Waals surface area (Å²) in [5.41, 5.74) is 0.250. The van der Waals surface area contributed by atoms with Gasteiger partial charge in [-0.05, 0) is 13.3 Å². The number of hydrogen-bond acceptors (Lipinski definition) is 7. The van der Waals surface area contributed by atoms with E-state index >= 15 is 0 Å². The van der Waals surface area contributed by atoms with Gasteiger partial charge in [-0.3, -0.25) is 4.79 Å². The summed E-state index contributed by atoms with van der Waals surface area (Å²) >= 11 is 1.53. The molecule has 1 aromatic rings. The third kappa shape index (κ3) is 6.37. The second-order valence-corrected chi connectivity index (χ2v) is 11.4. The van der Waals surface area contributed by atoms with Crippen molar-refractivity contribution in [3.05, 3.63) is 54.6 Å². The van der Waals surface area contributed by atoms with Crippen LogP contribution in [-0.4, -0.2) is 80.6 Å². The number of esters is 1. The highest BCUT2D eigenvalue weighted by Gasteiger charge is 2.60. The first-order valence-corrected chi connectivity index (χ1v) is 13.8. The number of aryl methyl sites for hydroxylation is 2. The van der Waals surface area contributed by atoms with Gasteiger partial charge < -0.3 is 48.4 Å². The van der Waals surface area contributed by atoms with Gasteiger partial charge in [0.2, 0.25) is 12.2 Å². The van der Waals surface area contributed by atoms with Crippen molar-refractivity contribution in [2.45, 2.75) is 56.7 Å². The smallest absolute Gasteiger partial charge is 0.410 e. The van der Waals surface area contributed by atoms with Gasteiger partial charge in [0.15, 0.2) is 0 Å². The molecule has 2 saturated heterocycles. The van der Waals surface area contributed by atoms with Gasteiger partial charge in [-0.2, -0.15) is 0 Å². The van der Waals surface area contributed by atoms with Crippen molar-refractivity contribution >= 4 is 29.7 Å². The second kappa shape index (κ2) is 13.4. The summed E-state index contributed by atoms with van der Waals surface area (Å²) in [5, 5.41) is 10.2. The molecule has 0 saturated carbocycles. The van der Waals surface area contributed by atoms with E-state index in [2.05, 4.69) is 17.7 Å². The number of aliphatic hydroxyl groups excluding tert-OH is 1. The first kappa shape index (κ1) is 31.2. The van der Waals surface area contributed by atoms with Gasteiger partial charge in [0.1, 0.15) is 31.3 Å². The molecule has 4 rings (SSSR count). The Hall–Kier alpha value is -2.32. The zero-order valence-corrected chi connectivity index (χ0v) is 25.5. The standard InChI is InChI=1S/C27H37N4O6S.HI/c1-6-12-36-26(34)23-24(17(3)22-21(18(4)32)25(33)31(22)23)38-20-14-19(8-9-29-11-10-28(5)16-29)30(15-20)27(35)37-13-7-2;/h6-7,10-11,16-22,32H,1-2,8-9,12-15H2,3-5H3;1H/q+1;/p-1/t17-,18-,19-,20+,21-,22-;/m1./s1. The number of carbonyl (C=O) groups is 3. The zero-order valence-electron chi connectivity index (χ0n) is 22.6. The minimum Gasteiger partial charge on any atom is -1.00 e. The van der Waals surface area contributed by atoms with Gasteiger partial charge in [0, 0.05) is 35.1 Å². The molecule has 0 aliphatic carbocycles. The maximum absolute atomic E-state index is 13.1. The monoisotopic (exact) mass is 672 g/mol. The molecule has 39 heavy (non-hydrogen) atoms. The molecule has 2 fully saturated rings. The quantitative estimate of drug-likeness (QED) is 0.106. The number of imidazole rings is 1.